The highest BCUT2D eigenvalue weighted by Gasteiger charge is 2.26. The molecule has 0 saturated heterocycles. The number of carbonyl (C=O) groups is 3. The molecule has 0 aliphatic rings. The van der Waals surface area contributed by atoms with Crippen LogP contribution in [0.5, 0.6) is 0 Å². The Morgan fingerprint density at radius 2 is 0.951 bits per heavy atom. The molecule has 0 bridgehead atoms. The van der Waals surface area contributed by atoms with Gasteiger partial charge in [-0.2, -0.15) is 0 Å². The largest absolute Gasteiger partial charge is 0.368 e. The fraction of sp³-hybridized carbons (Fsp3) is 0.909. The second-order valence-electron chi connectivity index (χ2n) is 11.4. The molecule has 0 radical (unpaired) electrons. The van der Waals surface area contributed by atoms with Crippen molar-refractivity contribution in [3.05, 3.63) is 0 Å². The van der Waals surface area contributed by atoms with Crippen LogP contribution in [0.15, 0.2) is 0 Å². The maximum Gasteiger partial charge on any atom is 0.347 e. The SMILES string of the molecule is CCCCCCCCCCCC(=O)N[C@H](CCC(=O)ON(CCCC)CCCC)C(=O)ON(CCCC)CCCC. The standard InChI is InChI=1S/C33H65N3O5/c1-6-11-16-17-18-19-20-21-22-23-31(37)34-30(33(39)41-36(28-14-9-4)29-15-10-5)24-25-32(38)40-35(26-12-7-2)27-13-8-3/h30H,6-29H2,1-5H3,(H,34,37)/t30-/m1/s1. The summed E-state index contributed by atoms with van der Waals surface area (Å²) in [5, 5.41) is 6.33. The van der Waals surface area contributed by atoms with E-state index in [9.17, 15) is 14.4 Å². The van der Waals surface area contributed by atoms with Crippen LogP contribution in [0.2, 0.25) is 0 Å². The van der Waals surface area contributed by atoms with Crippen LogP contribution >= 0.6 is 0 Å². The van der Waals surface area contributed by atoms with Gasteiger partial charge >= 0.3 is 11.9 Å². The summed E-state index contributed by atoms with van der Waals surface area (Å²) in [5.41, 5.74) is 0. The Hall–Kier alpha value is -1.67. The molecule has 1 amide bonds. The smallest absolute Gasteiger partial charge is 0.347 e. The maximum atomic E-state index is 13.2. The summed E-state index contributed by atoms with van der Waals surface area (Å²) >= 11 is 0. The molecular formula is C33H65N3O5. The number of hydroxylamine groups is 4. The molecule has 0 aromatic rings. The summed E-state index contributed by atoms with van der Waals surface area (Å²) in [6, 6.07) is -0.876. The molecule has 1 atom stereocenters. The van der Waals surface area contributed by atoms with Crippen LogP contribution in [0, 0.1) is 0 Å². The van der Waals surface area contributed by atoms with Crippen LogP contribution in [-0.4, -0.2) is 60.2 Å². The average molecular weight is 584 g/mol. The van der Waals surface area contributed by atoms with Crippen molar-refractivity contribution in [1.29, 1.82) is 0 Å². The van der Waals surface area contributed by atoms with E-state index >= 15 is 0 Å². The molecule has 0 spiro atoms. The van der Waals surface area contributed by atoms with Gasteiger partial charge in [0.15, 0.2) is 0 Å². The number of nitrogens with one attached hydrogen (secondary N) is 1. The normalized spacial score (nSPS) is 12.1. The Morgan fingerprint density at radius 3 is 1.41 bits per heavy atom. The van der Waals surface area contributed by atoms with E-state index in [1.54, 1.807) is 10.1 Å². The molecule has 41 heavy (non-hydrogen) atoms. The van der Waals surface area contributed by atoms with Gasteiger partial charge in [-0.25, -0.2) is 4.79 Å². The van der Waals surface area contributed by atoms with Crippen molar-refractivity contribution in [2.24, 2.45) is 0 Å². The van der Waals surface area contributed by atoms with E-state index in [2.05, 4.69) is 39.9 Å². The fourth-order valence-electron chi connectivity index (χ4n) is 4.50. The van der Waals surface area contributed by atoms with E-state index < -0.39 is 12.0 Å². The Kier molecular flexibility index (Phi) is 27.3. The van der Waals surface area contributed by atoms with Crippen molar-refractivity contribution < 1.29 is 24.1 Å². The lowest BCUT2D eigenvalue weighted by atomic mass is 10.1. The zero-order valence-corrected chi connectivity index (χ0v) is 27.5. The molecule has 0 unspecified atom stereocenters. The van der Waals surface area contributed by atoms with Crippen LogP contribution in [0.3, 0.4) is 0 Å². The molecule has 8 heteroatoms. The number of amides is 1. The molecule has 1 N–H and O–H groups in total. The highest BCUT2D eigenvalue weighted by molar-refractivity contribution is 5.84. The molecule has 0 aromatic carbocycles. The number of hydrogen-bond donors (Lipinski definition) is 1. The van der Waals surface area contributed by atoms with Gasteiger partial charge in [-0.1, -0.05) is 112 Å². The second-order valence-corrected chi connectivity index (χ2v) is 11.4. The zero-order chi connectivity index (χ0) is 30.6. The number of rotatable bonds is 29. The first-order chi connectivity index (χ1) is 19.9. The third kappa shape index (κ3) is 23.6. The minimum atomic E-state index is -0.876. The molecule has 0 aromatic heterocycles. The summed E-state index contributed by atoms with van der Waals surface area (Å²) in [6.07, 6.45) is 18.9. The Balaban J connectivity index is 5.00. The first-order valence-electron chi connectivity index (χ1n) is 17.1. The van der Waals surface area contributed by atoms with Gasteiger partial charge in [0.25, 0.3) is 0 Å². The predicted octanol–water partition coefficient (Wildman–Crippen LogP) is 7.89. The topological polar surface area (TPSA) is 88.2 Å². The fourth-order valence-corrected chi connectivity index (χ4v) is 4.50. The van der Waals surface area contributed by atoms with Crippen molar-refractivity contribution in [3.63, 3.8) is 0 Å². The van der Waals surface area contributed by atoms with Gasteiger partial charge < -0.3 is 15.0 Å². The first-order valence-corrected chi connectivity index (χ1v) is 17.1. The number of carbonyl (C=O) groups excluding carboxylic acids is 3. The van der Waals surface area contributed by atoms with E-state index in [0.717, 1.165) is 70.6 Å². The summed E-state index contributed by atoms with van der Waals surface area (Å²) in [5.74, 6) is -1.04. The Labute approximate surface area is 252 Å². The van der Waals surface area contributed by atoms with Crippen LogP contribution in [0.4, 0.5) is 0 Å². The molecule has 0 saturated carbocycles. The lowest BCUT2D eigenvalue weighted by Crippen LogP contribution is -2.45. The van der Waals surface area contributed by atoms with E-state index in [0.29, 0.717) is 32.6 Å². The molecule has 0 aliphatic heterocycles. The molecule has 242 valence electrons. The maximum absolute atomic E-state index is 13.2. The molecule has 0 fully saturated rings. The van der Waals surface area contributed by atoms with Crippen LogP contribution < -0.4 is 5.32 Å². The van der Waals surface area contributed by atoms with Crippen LogP contribution in [-0.2, 0) is 24.1 Å². The molecule has 0 rings (SSSR count). The zero-order valence-electron chi connectivity index (χ0n) is 27.5. The van der Waals surface area contributed by atoms with Crippen LogP contribution in [0.25, 0.3) is 0 Å². The van der Waals surface area contributed by atoms with Gasteiger partial charge in [0.1, 0.15) is 6.04 Å². The van der Waals surface area contributed by atoms with Gasteiger partial charge in [0.2, 0.25) is 5.91 Å². The minimum Gasteiger partial charge on any atom is -0.368 e. The van der Waals surface area contributed by atoms with Gasteiger partial charge in [-0.05, 0) is 38.5 Å². The van der Waals surface area contributed by atoms with Crippen molar-refractivity contribution in [2.45, 2.75) is 169 Å². The van der Waals surface area contributed by atoms with Gasteiger partial charge in [0, 0.05) is 39.0 Å². The summed E-state index contributed by atoms with van der Waals surface area (Å²) in [4.78, 5) is 50.1. The van der Waals surface area contributed by atoms with Gasteiger partial charge in [0.05, 0.1) is 0 Å². The Bertz CT molecular complexity index is 630. The summed E-state index contributed by atoms with van der Waals surface area (Å²) < 4.78 is 0. The first kappa shape index (κ1) is 39.3. The minimum absolute atomic E-state index is 0.0384. The molecular weight excluding hydrogens is 518 g/mol. The lowest BCUT2D eigenvalue weighted by molar-refractivity contribution is -0.196. The molecule has 0 aliphatic carbocycles. The van der Waals surface area contributed by atoms with Crippen molar-refractivity contribution >= 4 is 17.8 Å². The number of nitrogens with zero attached hydrogens (tertiary/aromatic N) is 2. The van der Waals surface area contributed by atoms with Gasteiger partial charge in [-0.15, -0.1) is 10.1 Å². The van der Waals surface area contributed by atoms with E-state index in [4.69, 9.17) is 9.68 Å². The highest BCUT2D eigenvalue weighted by Crippen LogP contribution is 2.12. The Morgan fingerprint density at radius 1 is 0.537 bits per heavy atom. The monoisotopic (exact) mass is 583 g/mol. The number of hydrogen-bond acceptors (Lipinski definition) is 7. The van der Waals surface area contributed by atoms with Gasteiger partial charge in [-0.3, -0.25) is 9.59 Å². The summed E-state index contributed by atoms with van der Waals surface area (Å²) in [6.45, 7) is 13.4. The third-order valence-corrected chi connectivity index (χ3v) is 7.26. The third-order valence-electron chi connectivity index (χ3n) is 7.26. The quantitative estimate of drug-likeness (QED) is 0.0707. The average Bonchev–Trinajstić information content (AvgIpc) is 2.96. The number of unbranched alkanes of at least 4 members (excludes halogenated alkanes) is 12. The second kappa shape index (κ2) is 28.4. The lowest BCUT2D eigenvalue weighted by Gasteiger charge is -2.25. The highest BCUT2D eigenvalue weighted by atomic mass is 16.7. The van der Waals surface area contributed by atoms with E-state index in [-0.39, 0.29) is 24.7 Å². The van der Waals surface area contributed by atoms with Crippen molar-refractivity contribution in [2.75, 3.05) is 26.2 Å². The van der Waals surface area contributed by atoms with Crippen molar-refractivity contribution in [3.8, 4) is 0 Å². The van der Waals surface area contributed by atoms with E-state index in [1.165, 1.54) is 38.5 Å². The predicted molar refractivity (Wildman–Crippen MR) is 168 cm³/mol. The molecule has 8 nitrogen and oxygen atoms in total. The van der Waals surface area contributed by atoms with Crippen LogP contribution in [0.1, 0.15) is 163 Å². The van der Waals surface area contributed by atoms with E-state index in [1.807, 2.05) is 0 Å². The summed E-state index contributed by atoms with van der Waals surface area (Å²) in [7, 11) is 0. The molecule has 0 heterocycles. The van der Waals surface area contributed by atoms with Crippen molar-refractivity contribution in [1.82, 2.24) is 15.4 Å².